The molecular formula is C13H22N4O3. The van der Waals surface area contributed by atoms with Gasteiger partial charge in [0, 0.05) is 46.6 Å². The minimum absolute atomic E-state index is 0.205. The van der Waals surface area contributed by atoms with Gasteiger partial charge < -0.3 is 20.1 Å². The van der Waals surface area contributed by atoms with E-state index in [0.29, 0.717) is 31.3 Å². The van der Waals surface area contributed by atoms with Crippen LogP contribution in [-0.2, 0) is 9.47 Å². The second-order valence-electron chi connectivity index (χ2n) is 4.16. The van der Waals surface area contributed by atoms with Crippen LogP contribution in [0.25, 0.3) is 0 Å². The lowest BCUT2D eigenvalue weighted by molar-refractivity contribution is 0.0943. The average molecular weight is 282 g/mol. The van der Waals surface area contributed by atoms with Gasteiger partial charge >= 0.3 is 0 Å². The summed E-state index contributed by atoms with van der Waals surface area (Å²) in [6.07, 6.45) is 3.03. The highest BCUT2D eigenvalue weighted by Gasteiger charge is 2.07. The molecule has 0 aliphatic heterocycles. The Balaban J connectivity index is 2.39. The van der Waals surface area contributed by atoms with Gasteiger partial charge in [0.2, 0.25) is 0 Å². The van der Waals surface area contributed by atoms with Crippen molar-refractivity contribution in [2.45, 2.75) is 12.8 Å². The van der Waals surface area contributed by atoms with Crippen molar-refractivity contribution in [1.82, 2.24) is 15.3 Å². The standard InChI is InChI=1S/C13H22N4O3/c1-19-7-3-5-14-12-9-11(16-10-17-12)13(18)15-6-4-8-20-2/h9-10H,3-8H2,1-2H3,(H,15,18)(H,14,16,17). The molecule has 0 aliphatic rings. The van der Waals surface area contributed by atoms with Gasteiger partial charge in [0.1, 0.15) is 17.8 Å². The molecule has 1 heterocycles. The number of carbonyl (C=O) groups excluding carboxylic acids is 1. The van der Waals surface area contributed by atoms with Crippen molar-refractivity contribution < 1.29 is 14.3 Å². The number of anilines is 1. The molecule has 0 fully saturated rings. The molecule has 1 amide bonds. The summed E-state index contributed by atoms with van der Waals surface area (Å²) in [6.45, 7) is 2.61. The van der Waals surface area contributed by atoms with E-state index in [1.807, 2.05) is 0 Å². The first-order chi connectivity index (χ1) is 9.77. The number of rotatable bonds is 10. The average Bonchev–Trinajstić information content (AvgIpc) is 2.48. The molecule has 0 unspecified atom stereocenters. The van der Waals surface area contributed by atoms with Crippen molar-refractivity contribution in [2.24, 2.45) is 0 Å². The first-order valence-corrected chi connectivity index (χ1v) is 6.60. The first kappa shape index (κ1) is 16.3. The Morgan fingerprint density at radius 1 is 1.15 bits per heavy atom. The fraction of sp³-hybridized carbons (Fsp3) is 0.615. The molecule has 1 aromatic rings. The fourth-order valence-electron chi connectivity index (χ4n) is 1.52. The van der Waals surface area contributed by atoms with Gasteiger partial charge in [-0.1, -0.05) is 0 Å². The lowest BCUT2D eigenvalue weighted by Gasteiger charge is -2.07. The predicted molar refractivity (Wildman–Crippen MR) is 75.8 cm³/mol. The summed E-state index contributed by atoms with van der Waals surface area (Å²) in [7, 11) is 3.30. The fourth-order valence-corrected chi connectivity index (χ4v) is 1.52. The van der Waals surface area contributed by atoms with Crippen LogP contribution in [0.2, 0.25) is 0 Å². The Kier molecular flexibility index (Phi) is 8.25. The monoisotopic (exact) mass is 282 g/mol. The van der Waals surface area contributed by atoms with E-state index >= 15 is 0 Å². The molecule has 0 atom stereocenters. The molecule has 0 aliphatic carbocycles. The minimum Gasteiger partial charge on any atom is -0.385 e. The minimum atomic E-state index is -0.205. The quantitative estimate of drug-likeness (QED) is 0.614. The number of aromatic nitrogens is 2. The normalized spacial score (nSPS) is 10.3. The van der Waals surface area contributed by atoms with Crippen LogP contribution in [0, 0.1) is 0 Å². The molecule has 0 saturated heterocycles. The van der Waals surface area contributed by atoms with Crippen LogP contribution in [0.15, 0.2) is 12.4 Å². The molecule has 112 valence electrons. The summed E-state index contributed by atoms with van der Waals surface area (Å²) in [5, 5.41) is 5.90. The largest absolute Gasteiger partial charge is 0.385 e. The molecule has 1 rings (SSSR count). The van der Waals surface area contributed by atoms with E-state index in [9.17, 15) is 4.79 Å². The van der Waals surface area contributed by atoms with Gasteiger partial charge in [-0.3, -0.25) is 4.79 Å². The topological polar surface area (TPSA) is 85.4 Å². The second-order valence-corrected chi connectivity index (χ2v) is 4.16. The number of ether oxygens (including phenoxy) is 2. The van der Waals surface area contributed by atoms with Gasteiger partial charge in [-0.2, -0.15) is 0 Å². The Morgan fingerprint density at radius 2 is 1.85 bits per heavy atom. The number of methoxy groups -OCH3 is 2. The third kappa shape index (κ3) is 6.44. The van der Waals surface area contributed by atoms with Crippen LogP contribution in [0.4, 0.5) is 5.82 Å². The maximum atomic E-state index is 11.8. The Labute approximate surface area is 119 Å². The van der Waals surface area contributed by atoms with Crippen molar-refractivity contribution in [3.8, 4) is 0 Å². The molecule has 0 radical (unpaired) electrons. The molecule has 0 saturated carbocycles. The van der Waals surface area contributed by atoms with Crippen molar-refractivity contribution in [1.29, 1.82) is 0 Å². The van der Waals surface area contributed by atoms with Gasteiger partial charge in [0.05, 0.1) is 0 Å². The summed E-state index contributed by atoms with van der Waals surface area (Å²) in [5.41, 5.74) is 0.353. The van der Waals surface area contributed by atoms with Crippen LogP contribution in [0.5, 0.6) is 0 Å². The third-order valence-corrected chi connectivity index (χ3v) is 2.54. The van der Waals surface area contributed by atoms with Gasteiger partial charge in [-0.15, -0.1) is 0 Å². The van der Waals surface area contributed by atoms with Crippen LogP contribution < -0.4 is 10.6 Å². The highest BCUT2D eigenvalue weighted by atomic mass is 16.5. The smallest absolute Gasteiger partial charge is 0.270 e. The Bertz CT molecular complexity index is 401. The molecule has 0 aromatic carbocycles. The van der Waals surface area contributed by atoms with Crippen LogP contribution in [0.1, 0.15) is 23.3 Å². The molecule has 0 bridgehead atoms. The molecule has 7 heteroatoms. The van der Waals surface area contributed by atoms with Crippen LogP contribution >= 0.6 is 0 Å². The molecule has 7 nitrogen and oxygen atoms in total. The summed E-state index contributed by atoms with van der Waals surface area (Å²) in [4.78, 5) is 19.9. The van der Waals surface area contributed by atoms with E-state index in [0.717, 1.165) is 19.4 Å². The number of carbonyl (C=O) groups is 1. The van der Waals surface area contributed by atoms with E-state index in [2.05, 4.69) is 20.6 Å². The SMILES string of the molecule is COCCCNC(=O)c1cc(NCCCOC)ncn1. The molecule has 0 spiro atoms. The molecule has 20 heavy (non-hydrogen) atoms. The predicted octanol–water partition coefficient (Wildman–Crippen LogP) is 0.691. The van der Waals surface area contributed by atoms with Crippen molar-refractivity contribution in [3.05, 3.63) is 18.1 Å². The summed E-state index contributed by atoms with van der Waals surface area (Å²) < 4.78 is 9.87. The lowest BCUT2D eigenvalue weighted by Crippen LogP contribution is -2.26. The number of nitrogens with one attached hydrogen (secondary N) is 2. The van der Waals surface area contributed by atoms with Crippen molar-refractivity contribution >= 4 is 11.7 Å². The third-order valence-electron chi connectivity index (χ3n) is 2.54. The zero-order valence-corrected chi connectivity index (χ0v) is 12.0. The molecule has 1 aromatic heterocycles. The van der Waals surface area contributed by atoms with E-state index in [4.69, 9.17) is 9.47 Å². The van der Waals surface area contributed by atoms with E-state index in [1.165, 1.54) is 6.33 Å². The first-order valence-electron chi connectivity index (χ1n) is 6.60. The molecule has 2 N–H and O–H groups in total. The summed E-state index contributed by atoms with van der Waals surface area (Å²) in [6, 6.07) is 1.64. The molecular weight excluding hydrogens is 260 g/mol. The van der Waals surface area contributed by atoms with E-state index in [-0.39, 0.29) is 5.91 Å². The van der Waals surface area contributed by atoms with Crippen molar-refractivity contribution in [3.63, 3.8) is 0 Å². The maximum Gasteiger partial charge on any atom is 0.270 e. The maximum absolute atomic E-state index is 11.8. The van der Waals surface area contributed by atoms with Crippen molar-refractivity contribution in [2.75, 3.05) is 45.8 Å². The van der Waals surface area contributed by atoms with Gasteiger partial charge in [0.25, 0.3) is 5.91 Å². The lowest BCUT2D eigenvalue weighted by atomic mass is 10.3. The Morgan fingerprint density at radius 3 is 2.55 bits per heavy atom. The zero-order valence-electron chi connectivity index (χ0n) is 12.0. The number of hydrogen-bond donors (Lipinski definition) is 2. The number of amides is 1. The van der Waals surface area contributed by atoms with Crippen LogP contribution in [-0.4, -0.2) is 56.4 Å². The zero-order chi connectivity index (χ0) is 14.6. The van der Waals surface area contributed by atoms with Gasteiger partial charge in [-0.05, 0) is 12.8 Å². The second kappa shape index (κ2) is 10.1. The Hall–Kier alpha value is -1.73. The van der Waals surface area contributed by atoms with Gasteiger partial charge in [0.15, 0.2) is 0 Å². The summed E-state index contributed by atoms with van der Waals surface area (Å²) >= 11 is 0. The number of nitrogens with zero attached hydrogens (tertiary/aromatic N) is 2. The number of hydrogen-bond acceptors (Lipinski definition) is 6. The van der Waals surface area contributed by atoms with Gasteiger partial charge in [-0.25, -0.2) is 9.97 Å². The highest BCUT2D eigenvalue weighted by molar-refractivity contribution is 5.92. The van der Waals surface area contributed by atoms with E-state index < -0.39 is 0 Å². The van der Waals surface area contributed by atoms with E-state index in [1.54, 1.807) is 20.3 Å². The summed E-state index contributed by atoms with van der Waals surface area (Å²) in [5.74, 6) is 0.432. The van der Waals surface area contributed by atoms with Crippen LogP contribution in [0.3, 0.4) is 0 Å². The highest BCUT2D eigenvalue weighted by Crippen LogP contribution is 2.04.